The number of rotatable bonds is 9. The van der Waals surface area contributed by atoms with E-state index in [1.807, 2.05) is 6.08 Å². The summed E-state index contributed by atoms with van der Waals surface area (Å²) >= 11 is 0. The van der Waals surface area contributed by atoms with E-state index >= 15 is 0 Å². The van der Waals surface area contributed by atoms with Gasteiger partial charge < -0.3 is 13.3 Å². The van der Waals surface area contributed by atoms with Crippen LogP contribution in [0.4, 0.5) is 0 Å². The largest absolute Gasteiger partial charge is 0.500 e. The van der Waals surface area contributed by atoms with E-state index in [0.29, 0.717) is 6.61 Å². The third-order valence-corrected chi connectivity index (χ3v) is 6.11. The van der Waals surface area contributed by atoms with Crippen LogP contribution < -0.4 is 0 Å². The molecule has 0 saturated carbocycles. The summed E-state index contributed by atoms with van der Waals surface area (Å²) in [5.74, 6) is 0. The van der Waals surface area contributed by atoms with E-state index in [4.69, 9.17) is 13.3 Å². The van der Waals surface area contributed by atoms with Gasteiger partial charge in [-0.05, 0) is 17.5 Å². The normalized spacial score (nSPS) is 11.5. The molecule has 0 unspecified atom stereocenters. The molecule has 0 atom stereocenters. The van der Waals surface area contributed by atoms with Crippen LogP contribution in [0.25, 0.3) is 6.08 Å². The van der Waals surface area contributed by atoms with Crippen LogP contribution in [0.1, 0.15) is 24.5 Å². The molecule has 0 spiro atoms. The van der Waals surface area contributed by atoms with Gasteiger partial charge in [0, 0.05) is 26.9 Å². The highest BCUT2D eigenvalue weighted by molar-refractivity contribution is 6.60. The van der Waals surface area contributed by atoms with Gasteiger partial charge in [-0.25, -0.2) is 0 Å². The van der Waals surface area contributed by atoms with Gasteiger partial charge in [-0.1, -0.05) is 50.3 Å². The fourth-order valence-electron chi connectivity index (χ4n) is 1.93. The van der Waals surface area contributed by atoms with Gasteiger partial charge in [0.1, 0.15) is 0 Å². The van der Waals surface area contributed by atoms with Gasteiger partial charge >= 0.3 is 8.80 Å². The molecule has 0 N–H and O–H groups in total. The molecule has 0 saturated heterocycles. The Morgan fingerprint density at radius 3 is 2.26 bits per heavy atom. The molecule has 1 rings (SSSR count). The fourth-order valence-corrected chi connectivity index (χ4v) is 3.91. The molecule has 0 bridgehead atoms. The summed E-state index contributed by atoms with van der Waals surface area (Å²) in [4.78, 5) is 0. The molecule has 0 fully saturated rings. The topological polar surface area (TPSA) is 27.7 Å². The lowest BCUT2D eigenvalue weighted by Gasteiger charge is -2.26. The average Bonchev–Trinajstić information content (AvgIpc) is 2.47. The molecule has 0 aliphatic rings. The van der Waals surface area contributed by atoms with Gasteiger partial charge in [-0.3, -0.25) is 0 Å². The first-order chi connectivity index (χ1) is 9.19. The van der Waals surface area contributed by atoms with Crippen molar-refractivity contribution in [3.63, 3.8) is 0 Å². The van der Waals surface area contributed by atoms with Gasteiger partial charge in [-0.15, -0.1) is 0 Å². The Labute approximate surface area is 117 Å². The van der Waals surface area contributed by atoms with Crippen LogP contribution in [-0.2, 0) is 19.7 Å². The van der Waals surface area contributed by atoms with Gasteiger partial charge in [0.25, 0.3) is 0 Å². The summed E-state index contributed by atoms with van der Waals surface area (Å²) in [6.07, 6.45) is 3.71. The quantitative estimate of drug-likeness (QED) is 0.648. The van der Waals surface area contributed by atoms with Crippen LogP contribution >= 0.6 is 0 Å². The summed E-state index contributed by atoms with van der Waals surface area (Å²) < 4.78 is 16.9. The first-order valence-electron chi connectivity index (χ1n) is 6.65. The Morgan fingerprint density at radius 2 is 1.79 bits per heavy atom. The van der Waals surface area contributed by atoms with Crippen LogP contribution in [0.15, 0.2) is 30.8 Å². The van der Waals surface area contributed by atoms with Crippen LogP contribution in [0, 0.1) is 0 Å². The molecule has 0 aliphatic heterocycles. The molecule has 3 nitrogen and oxygen atoms in total. The zero-order valence-electron chi connectivity index (χ0n) is 12.1. The van der Waals surface area contributed by atoms with Crippen LogP contribution in [-0.4, -0.2) is 29.6 Å². The second kappa shape index (κ2) is 8.27. The summed E-state index contributed by atoms with van der Waals surface area (Å²) in [7, 11) is 0.911. The van der Waals surface area contributed by atoms with Gasteiger partial charge in [-0.2, -0.15) is 0 Å². The zero-order chi connectivity index (χ0) is 14.1. The third-order valence-electron chi connectivity index (χ3n) is 3.11. The van der Waals surface area contributed by atoms with Gasteiger partial charge in [0.05, 0.1) is 0 Å². The Morgan fingerprint density at radius 1 is 1.16 bits per heavy atom. The molecule has 19 heavy (non-hydrogen) atoms. The Hall–Kier alpha value is -0.943. The van der Waals surface area contributed by atoms with Crippen molar-refractivity contribution in [3.05, 3.63) is 42.0 Å². The van der Waals surface area contributed by atoms with Crippen molar-refractivity contribution in [2.45, 2.75) is 25.8 Å². The highest BCUT2D eigenvalue weighted by Crippen LogP contribution is 2.16. The van der Waals surface area contributed by atoms with Crippen molar-refractivity contribution in [1.29, 1.82) is 0 Å². The third kappa shape index (κ3) is 4.91. The number of hydrogen-bond donors (Lipinski definition) is 0. The summed E-state index contributed by atoms with van der Waals surface area (Å²) in [5, 5.41) is 0. The van der Waals surface area contributed by atoms with Crippen molar-refractivity contribution < 1.29 is 13.3 Å². The summed E-state index contributed by atoms with van der Waals surface area (Å²) in [6.45, 7) is 6.48. The van der Waals surface area contributed by atoms with E-state index in [-0.39, 0.29) is 0 Å². The molecule has 0 radical (unpaired) electrons. The Kier molecular flexibility index (Phi) is 7.01. The summed E-state index contributed by atoms with van der Waals surface area (Å²) in [6, 6.07) is 9.18. The second-order valence-corrected chi connectivity index (χ2v) is 7.36. The maximum absolute atomic E-state index is 5.90. The van der Waals surface area contributed by atoms with Crippen LogP contribution in [0.2, 0.25) is 6.04 Å². The molecule has 1 aromatic carbocycles. The first kappa shape index (κ1) is 16.1. The minimum atomic E-state index is -2.43. The van der Waals surface area contributed by atoms with E-state index in [1.165, 1.54) is 5.56 Å². The Bertz CT molecular complexity index is 371. The van der Waals surface area contributed by atoms with Crippen molar-refractivity contribution in [3.8, 4) is 0 Å². The molecule has 0 aliphatic carbocycles. The van der Waals surface area contributed by atoms with Crippen LogP contribution in [0.3, 0.4) is 0 Å². The molecule has 0 aromatic heterocycles. The highest BCUT2D eigenvalue weighted by atomic mass is 28.4. The standard InChI is InChI=1S/C15H24O3Si/c1-5-13-19(16-3,17-4)18-12-11-15-9-7-14(6-2)8-10-15/h6-10H,2,5,11-13H2,1,3-4H3. The van der Waals surface area contributed by atoms with Gasteiger partial charge in [0.15, 0.2) is 0 Å². The highest BCUT2D eigenvalue weighted by Gasteiger charge is 2.37. The monoisotopic (exact) mass is 280 g/mol. The van der Waals surface area contributed by atoms with Crippen LogP contribution in [0.5, 0.6) is 0 Å². The van der Waals surface area contributed by atoms with Gasteiger partial charge in [0.2, 0.25) is 0 Å². The van der Waals surface area contributed by atoms with Crippen molar-refractivity contribution >= 4 is 14.9 Å². The molecule has 1 aromatic rings. The maximum Gasteiger partial charge on any atom is 0.500 e. The molecule has 0 heterocycles. The first-order valence-corrected chi connectivity index (χ1v) is 8.58. The van der Waals surface area contributed by atoms with Crippen molar-refractivity contribution in [1.82, 2.24) is 0 Å². The Balaban J connectivity index is 2.48. The molecule has 0 amide bonds. The van der Waals surface area contributed by atoms with Crippen molar-refractivity contribution in [2.75, 3.05) is 20.8 Å². The van der Waals surface area contributed by atoms with E-state index < -0.39 is 8.80 Å². The van der Waals surface area contributed by atoms with E-state index in [2.05, 4.69) is 37.8 Å². The lowest BCUT2D eigenvalue weighted by molar-refractivity contribution is 0.0992. The van der Waals surface area contributed by atoms with Crippen molar-refractivity contribution in [2.24, 2.45) is 0 Å². The van der Waals surface area contributed by atoms with E-state index in [1.54, 1.807) is 14.2 Å². The second-order valence-electron chi connectivity index (χ2n) is 4.39. The molecule has 106 valence electrons. The maximum atomic E-state index is 5.90. The lowest BCUT2D eigenvalue weighted by Crippen LogP contribution is -2.44. The summed E-state index contributed by atoms with van der Waals surface area (Å²) in [5.41, 5.74) is 2.38. The minimum absolute atomic E-state index is 0.626. The number of hydrogen-bond acceptors (Lipinski definition) is 3. The molecular weight excluding hydrogens is 256 g/mol. The predicted molar refractivity (Wildman–Crippen MR) is 81.1 cm³/mol. The smallest absolute Gasteiger partial charge is 0.377 e. The van der Waals surface area contributed by atoms with E-state index in [0.717, 1.165) is 24.4 Å². The molecular formula is C15H24O3Si. The molecule has 4 heteroatoms. The minimum Gasteiger partial charge on any atom is -0.377 e. The SMILES string of the molecule is C=Cc1ccc(CCO[Si](CCC)(OC)OC)cc1. The fraction of sp³-hybridized carbons (Fsp3) is 0.467. The number of benzene rings is 1. The zero-order valence-corrected chi connectivity index (χ0v) is 13.1. The lowest BCUT2D eigenvalue weighted by atomic mass is 10.1. The predicted octanol–water partition coefficient (Wildman–Crippen LogP) is 3.53. The average molecular weight is 280 g/mol. The van der Waals surface area contributed by atoms with E-state index in [9.17, 15) is 0 Å².